The summed E-state index contributed by atoms with van der Waals surface area (Å²) in [7, 11) is 0. The van der Waals surface area contributed by atoms with E-state index in [1.54, 1.807) is 18.6 Å². The van der Waals surface area contributed by atoms with E-state index in [9.17, 15) is 9.18 Å². The number of pyridine rings is 3. The molecule has 0 bridgehead atoms. The van der Waals surface area contributed by atoms with Gasteiger partial charge in [-0.15, -0.1) is 0 Å². The molecule has 176 valence electrons. The van der Waals surface area contributed by atoms with Crippen molar-refractivity contribution >= 4 is 22.5 Å². The van der Waals surface area contributed by atoms with E-state index in [0.29, 0.717) is 27.7 Å². The number of aromatic amines is 1. The molecule has 0 spiro atoms. The van der Waals surface area contributed by atoms with E-state index in [0.717, 1.165) is 33.8 Å². The lowest BCUT2D eigenvalue weighted by Gasteiger charge is -2.16. The van der Waals surface area contributed by atoms with E-state index >= 15 is 0 Å². The summed E-state index contributed by atoms with van der Waals surface area (Å²) in [6, 6.07) is 12.2. The van der Waals surface area contributed by atoms with Crippen molar-refractivity contribution in [2.75, 3.05) is 0 Å². The molecule has 0 saturated carbocycles. The Morgan fingerprint density at radius 1 is 1.17 bits per heavy atom. The SMILES string of the molecule is Cc1cc(-c2[nH]ncc2Cl)c2cccc(OCc3c(C)ccnc3Cn3cccc(F)c3=O)c2n1. The molecule has 1 aromatic carbocycles. The highest BCUT2D eigenvalue weighted by Crippen LogP contribution is 2.35. The highest BCUT2D eigenvalue weighted by molar-refractivity contribution is 6.33. The summed E-state index contributed by atoms with van der Waals surface area (Å²) < 4.78 is 21.3. The van der Waals surface area contributed by atoms with Gasteiger partial charge in [-0.05, 0) is 49.7 Å². The van der Waals surface area contributed by atoms with Crippen LogP contribution in [-0.4, -0.2) is 24.7 Å². The van der Waals surface area contributed by atoms with Gasteiger partial charge in [0.05, 0.1) is 29.2 Å². The predicted molar refractivity (Wildman–Crippen MR) is 132 cm³/mol. The number of aromatic nitrogens is 5. The number of fused-ring (bicyclic) bond motifs is 1. The fourth-order valence-corrected chi connectivity index (χ4v) is 4.25. The number of nitrogens with one attached hydrogen (secondary N) is 1. The highest BCUT2D eigenvalue weighted by atomic mass is 35.5. The van der Waals surface area contributed by atoms with E-state index in [1.807, 2.05) is 44.2 Å². The number of hydrogen-bond donors (Lipinski definition) is 1. The predicted octanol–water partition coefficient (Wildman–Crippen LogP) is 5.22. The summed E-state index contributed by atoms with van der Waals surface area (Å²) in [5.41, 5.74) is 4.80. The number of para-hydroxylation sites is 1. The van der Waals surface area contributed by atoms with Gasteiger partial charge >= 0.3 is 0 Å². The van der Waals surface area contributed by atoms with Crippen LogP contribution in [0.2, 0.25) is 5.02 Å². The Kier molecular flexibility index (Phi) is 6.05. The Balaban J connectivity index is 1.51. The van der Waals surface area contributed by atoms with Crippen molar-refractivity contribution in [2.24, 2.45) is 0 Å². The number of hydrogen-bond acceptors (Lipinski definition) is 5. The first kappa shape index (κ1) is 22.7. The summed E-state index contributed by atoms with van der Waals surface area (Å²) in [6.45, 7) is 4.19. The standard InChI is InChI=1S/C26H21ClFN5O2/c1-15-8-9-29-22(13-33-10-4-6-21(28)26(33)34)19(15)14-35-23-7-3-5-17-18(11-16(2)31-25(17)23)24-20(27)12-30-32-24/h3-12H,13-14H2,1-2H3,(H,30,32). The monoisotopic (exact) mass is 489 g/mol. The molecule has 35 heavy (non-hydrogen) atoms. The van der Waals surface area contributed by atoms with Crippen LogP contribution in [0.1, 0.15) is 22.5 Å². The van der Waals surface area contributed by atoms with Gasteiger partial charge in [0.15, 0.2) is 5.82 Å². The molecule has 7 nitrogen and oxygen atoms in total. The Labute approximate surface area is 205 Å². The quantitative estimate of drug-likeness (QED) is 0.353. The molecular formula is C26H21ClFN5O2. The zero-order chi connectivity index (χ0) is 24.5. The molecule has 0 saturated heterocycles. The highest BCUT2D eigenvalue weighted by Gasteiger charge is 2.16. The summed E-state index contributed by atoms with van der Waals surface area (Å²) in [5, 5.41) is 8.38. The minimum absolute atomic E-state index is 0.131. The molecule has 0 aliphatic rings. The van der Waals surface area contributed by atoms with Crippen LogP contribution in [0.4, 0.5) is 4.39 Å². The molecule has 0 aliphatic carbocycles. The second kappa shape index (κ2) is 9.31. The number of ether oxygens (including phenoxy) is 1. The van der Waals surface area contributed by atoms with Crippen LogP contribution in [-0.2, 0) is 13.2 Å². The van der Waals surface area contributed by atoms with Gasteiger partial charge in [0, 0.05) is 34.6 Å². The molecule has 0 amide bonds. The molecule has 0 fully saturated rings. The molecule has 4 heterocycles. The van der Waals surface area contributed by atoms with Gasteiger partial charge in [-0.1, -0.05) is 23.7 Å². The number of nitrogens with zero attached hydrogens (tertiary/aromatic N) is 4. The van der Waals surface area contributed by atoms with Crippen molar-refractivity contribution in [3.63, 3.8) is 0 Å². The number of H-pyrrole nitrogens is 1. The van der Waals surface area contributed by atoms with Crippen molar-refractivity contribution in [3.05, 3.63) is 105 Å². The third-order valence-corrected chi connectivity index (χ3v) is 6.12. The van der Waals surface area contributed by atoms with Gasteiger partial charge in [0.25, 0.3) is 5.56 Å². The number of aryl methyl sites for hydroxylation is 2. The van der Waals surface area contributed by atoms with Crippen molar-refractivity contribution in [2.45, 2.75) is 27.0 Å². The maximum absolute atomic E-state index is 13.8. The van der Waals surface area contributed by atoms with Crippen LogP contribution in [0.25, 0.3) is 22.2 Å². The van der Waals surface area contributed by atoms with Gasteiger partial charge in [-0.3, -0.25) is 14.9 Å². The van der Waals surface area contributed by atoms with Crippen LogP contribution < -0.4 is 10.3 Å². The van der Waals surface area contributed by atoms with Crippen molar-refractivity contribution in [1.29, 1.82) is 0 Å². The molecule has 4 aromatic heterocycles. The van der Waals surface area contributed by atoms with Crippen molar-refractivity contribution in [1.82, 2.24) is 24.7 Å². The molecule has 5 aromatic rings. The van der Waals surface area contributed by atoms with Crippen molar-refractivity contribution < 1.29 is 9.13 Å². The van der Waals surface area contributed by atoms with E-state index in [1.165, 1.54) is 10.6 Å². The lowest BCUT2D eigenvalue weighted by Crippen LogP contribution is -2.23. The molecule has 0 atom stereocenters. The van der Waals surface area contributed by atoms with E-state index in [-0.39, 0.29) is 13.2 Å². The van der Waals surface area contributed by atoms with E-state index < -0.39 is 11.4 Å². The Bertz CT molecular complexity index is 1610. The smallest absolute Gasteiger partial charge is 0.286 e. The topological polar surface area (TPSA) is 85.7 Å². The van der Waals surface area contributed by atoms with Gasteiger partial charge < -0.3 is 9.30 Å². The molecular weight excluding hydrogens is 469 g/mol. The molecule has 0 unspecified atom stereocenters. The van der Waals surface area contributed by atoms with Crippen molar-refractivity contribution in [3.8, 4) is 17.0 Å². The fraction of sp³-hybridized carbons (Fsp3) is 0.154. The van der Waals surface area contributed by atoms with Gasteiger partial charge in [0.1, 0.15) is 17.9 Å². The van der Waals surface area contributed by atoms with Crippen LogP contribution in [0.3, 0.4) is 0 Å². The first-order valence-corrected chi connectivity index (χ1v) is 11.3. The number of halogens is 2. The first-order valence-electron chi connectivity index (χ1n) is 10.9. The third-order valence-electron chi connectivity index (χ3n) is 5.84. The molecule has 1 N–H and O–H groups in total. The molecule has 0 radical (unpaired) electrons. The maximum atomic E-state index is 13.8. The first-order chi connectivity index (χ1) is 16.9. The average Bonchev–Trinajstić information content (AvgIpc) is 3.27. The summed E-state index contributed by atoms with van der Waals surface area (Å²) in [4.78, 5) is 21.3. The Hall–Kier alpha value is -4.04. The van der Waals surface area contributed by atoms with Gasteiger partial charge in [0.2, 0.25) is 0 Å². The summed E-state index contributed by atoms with van der Waals surface area (Å²) in [5.74, 6) is -0.205. The minimum atomic E-state index is -0.802. The molecule has 0 aliphatic heterocycles. The zero-order valence-electron chi connectivity index (χ0n) is 19.0. The van der Waals surface area contributed by atoms with Gasteiger partial charge in [-0.2, -0.15) is 5.10 Å². The Morgan fingerprint density at radius 3 is 2.83 bits per heavy atom. The fourth-order valence-electron chi connectivity index (χ4n) is 4.06. The second-order valence-corrected chi connectivity index (χ2v) is 8.59. The average molecular weight is 490 g/mol. The van der Waals surface area contributed by atoms with Crippen LogP contribution in [0, 0.1) is 19.7 Å². The van der Waals surface area contributed by atoms with Crippen LogP contribution in [0.15, 0.2) is 65.8 Å². The molecule has 5 rings (SSSR count). The van der Waals surface area contributed by atoms with E-state index in [4.69, 9.17) is 21.3 Å². The largest absolute Gasteiger partial charge is 0.487 e. The lowest BCUT2D eigenvalue weighted by atomic mass is 10.0. The zero-order valence-corrected chi connectivity index (χ0v) is 19.8. The third kappa shape index (κ3) is 4.40. The van der Waals surface area contributed by atoms with Crippen LogP contribution in [0.5, 0.6) is 5.75 Å². The molecule has 9 heteroatoms. The summed E-state index contributed by atoms with van der Waals surface area (Å²) in [6.07, 6.45) is 4.77. The minimum Gasteiger partial charge on any atom is -0.487 e. The van der Waals surface area contributed by atoms with E-state index in [2.05, 4.69) is 15.2 Å². The summed E-state index contributed by atoms with van der Waals surface area (Å²) >= 11 is 6.33. The second-order valence-electron chi connectivity index (χ2n) is 8.19. The lowest BCUT2D eigenvalue weighted by molar-refractivity contribution is 0.306. The Morgan fingerprint density at radius 2 is 2.03 bits per heavy atom. The normalized spacial score (nSPS) is 11.2. The number of rotatable bonds is 6. The maximum Gasteiger partial charge on any atom is 0.286 e. The van der Waals surface area contributed by atoms with Gasteiger partial charge in [-0.25, -0.2) is 9.37 Å². The number of benzene rings is 1. The van der Waals surface area contributed by atoms with Crippen LogP contribution >= 0.6 is 11.6 Å².